The largest absolute Gasteiger partial charge is 0.497 e. The van der Waals surface area contributed by atoms with E-state index in [0.29, 0.717) is 22.6 Å². The minimum atomic E-state index is -0.910. The van der Waals surface area contributed by atoms with E-state index in [-0.39, 0.29) is 17.5 Å². The lowest BCUT2D eigenvalue weighted by atomic mass is 9.86. The minimum absolute atomic E-state index is 0.108. The first-order valence-electron chi connectivity index (χ1n) is 10.6. The van der Waals surface area contributed by atoms with Gasteiger partial charge in [0.15, 0.2) is 11.6 Å². The molecule has 2 aromatic carbocycles. The normalized spacial score (nSPS) is 25.3. The maximum Gasteiger partial charge on any atom is 0.240 e. The fourth-order valence-electron chi connectivity index (χ4n) is 4.86. The van der Waals surface area contributed by atoms with Crippen LogP contribution in [-0.4, -0.2) is 53.8 Å². The van der Waals surface area contributed by atoms with E-state index >= 15 is 0 Å². The number of ether oxygens (including phenoxy) is 1. The molecule has 4 atom stereocenters. The number of allylic oxidation sites excluding steroid dienone is 1. The van der Waals surface area contributed by atoms with E-state index in [2.05, 4.69) is 5.10 Å². The number of imide groups is 1. The van der Waals surface area contributed by atoms with E-state index in [0.717, 1.165) is 4.90 Å². The fourth-order valence-corrected chi connectivity index (χ4v) is 4.86. The van der Waals surface area contributed by atoms with Gasteiger partial charge in [0.1, 0.15) is 11.8 Å². The summed E-state index contributed by atoms with van der Waals surface area (Å²) >= 11 is 0. The summed E-state index contributed by atoms with van der Waals surface area (Å²) in [5.74, 6) is -2.19. The summed E-state index contributed by atoms with van der Waals surface area (Å²) in [5.41, 5.74) is 1.28. The summed E-state index contributed by atoms with van der Waals surface area (Å²) in [4.78, 5) is 53.3. The van der Waals surface area contributed by atoms with Crippen LogP contribution >= 0.6 is 0 Å². The van der Waals surface area contributed by atoms with Gasteiger partial charge in [-0.3, -0.25) is 24.2 Å². The van der Waals surface area contributed by atoms with Crippen LogP contribution in [0.5, 0.6) is 5.75 Å². The van der Waals surface area contributed by atoms with Gasteiger partial charge >= 0.3 is 0 Å². The highest BCUT2D eigenvalue weighted by Gasteiger charge is 2.64. The molecule has 0 radical (unpaired) electrons. The molecule has 1 unspecified atom stereocenters. The van der Waals surface area contributed by atoms with Gasteiger partial charge in [-0.25, -0.2) is 4.90 Å². The number of anilines is 1. The highest BCUT2D eigenvalue weighted by Crippen LogP contribution is 2.46. The second kappa shape index (κ2) is 7.81. The van der Waals surface area contributed by atoms with E-state index in [4.69, 9.17) is 4.74 Å². The number of hydrogen-bond donors (Lipinski definition) is 0. The molecule has 166 valence electrons. The summed E-state index contributed by atoms with van der Waals surface area (Å²) in [6, 6.07) is 11.6. The number of hydrazone groups is 1. The van der Waals surface area contributed by atoms with Crippen LogP contribution in [0.3, 0.4) is 0 Å². The van der Waals surface area contributed by atoms with Crippen molar-refractivity contribution < 1.29 is 23.9 Å². The van der Waals surface area contributed by atoms with Crippen molar-refractivity contribution >= 4 is 35.3 Å². The van der Waals surface area contributed by atoms with Gasteiger partial charge in [0, 0.05) is 17.3 Å². The number of Topliss-reactive ketones (excluding diaryl/α,β-unsaturated/α-hetero) is 2. The quantitative estimate of drug-likeness (QED) is 0.520. The summed E-state index contributed by atoms with van der Waals surface area (Å²) in [5, 5.41) is 5.93. The summed E-state index contributed by atoms with van der Waals surface area (Å²) in [6.07, 6.45) is 5.08. The van der Waals surface area contributed by atoms with Gasteiger partial charge in [0.05, 0.1) is 30.7 Å². The molecule has 3 aliphatic heterocycles. The maximum absolute atomic E-state index is 13.6. The molecule has 8 heteroatoms. The third kappa shape index (κ3) is 3.17. The first kappa shape index (κ1) is 20.8. The van der Waals surface area contributed by atoms with E-state index < -0.39 is 29.8 Å². The van der Waals surface area contributed by atoms with Gasteiger partial charge in [0.2, 0.25) is 11.8 Å². The van der Waals surface area contributed by atoms with Gasteiger partial charge in [-0.2, -0.15) is 5.10 Å². The Balaban J connectivity index is 1.53. The number of nitrogens with zero attached hydrogens (tertiary/aromatic N) is 3. The Bertz CT molecular complexity index is 1220. The molecule has 2 amide bonds. The average Bonchev–Trinajstić information content (AvgIpc) is 3.31. The second-order valence-corrected chi connectivity index (χ2v) is 8.22. The smallest absolute Gasteiger partial charge is 0.240 e. The molecule has 0 aliphatic carbocycles. The third-order valence-electron chi connectivity index (χ3n) is 6.47. The predicted octanol–water partition coefficient (Wildman–Crippen LogP) is 2.49. The van der Waals surface area contributed by atoms with Crippen molar-refractivity contribution in [2.24, 2.45) is 16.9 Å². The van der Waals surface area contributed by atoms with Crippen molar-refractivity contribution in [1.29, 1.82) is 0 Å². The Hall–Kier alpha value is -4.07. The minimum Gasteiger partial charge on any atom is -0.497 e. The molecule has 2 fully saturated rings. The zero-order valence-electron chi connectivity index (χ0n) is 18.0. The van der Waals surface area contributed by atoms with Gasteiger partial charge in [0.25, 0.3) is 0 Å². The van der Waals surface area contributed by atoms with Crippen LogP contribution < -0.4 is 9.64 Å². The lowest BCUT2D eigenvalue weighted by molar-refractivity contribution is -0.123. The average molecular weight is 443 g/mol. The number of ketones is 2. The number of amides is 2. The zero-order valence-corrected chi connectivity index (χ0v) is 18.0. The number of carbonyl (C=O) groups excluding carboxylic acids is 4. The molecule has 8 nitrogen and oxygen atoms in total. The molecule has 0 bridgehead atoms. The highest BCUT2D eigenvalue weighted by atomic mass is 16.5. The Labute approximate surface area is 190 Å². The van der Waals surface area contributed by atoms with Crippen LogP contribution in [-0.2, 0) is 9.59 Å². The number of carbonyl (C=O) groups is 4. The van der Waals surface area contributed by atoms with Crippen LogP contribution in [0.25, 0.3) is 0 Å². The van der Waals surface area contributed by atoms with Crippen molar-refractivity contribution in [3.05, 3.63) is 71.8 Å². The Kier molecular flexibility index (Phi) is 4.92. The van der Waals surface area contributed by atoms with Gasteiger partial charge in [-0.05, 0) is 61.5 Å². The van der Waals surface area contributed by atoms with Gasteiger partial charge in [-0.15, -0.1) is 0 Å². The molecular weight excluding hydrogens is 422 g/mol. The fraction of sp³-hybridized carbons (Fsp3) is 0.240. The molecule has 0 saturated carbocycles. The van der Waals surface area contributed by atoms with Crippen LogP contribution in [0.4, 0.5) is 5.69 Å². The summed E-state index contributed by atoms with van der Waals surface area (Å²) in [6.45, 7) is 1.45. The van der Waals surface area contributed by atoms with E-state index in [1.807, 2.05) is 0 Å². The predicted molar refractivity (Wildman–Crippen MR) is 120 cm³/mol. The van der Waals surface area contributed by atoms with Crippen molar-refractivity contribution in [2.45, 2.75) is 19.0 Å². The molecule has 2 saturated heterocycles. The SMILES string of the molecule is COc1ccc(C(=O)[C@H]2[C@H]3C(=O)N(c4ccc(C(C)=O)cc4)C(=O)[C@H]3C3C=CC=NN32)cc1. The van der Waals surface area contributed by atoms with E-state index in [1.54, 1.807) is 71.9 Å². The van der Waals surface area contributed by atoms with E-state index in [9.17, 15) is 19.2 Å². The Morgan fingerprint density at radius 3 is 2.18 bits per heavy atom. The molecule has 2 aromatic rings. The van der Waals surface area contributed by atoms with Crippen molar-refractivity contribution in [2.75, 3.05) is 12.0 Å². The van der Waals surface area contributed by atoms with Crippen LogP contribution in [0.15, 0.2) is 65.8 Å². The van der Waals surface area contributed by atoms with Crippen LogP contribution in [0, 0.1) is 11.8 Å². The molecule has 3 heterocycles. The van der Waals surface area contributed by atoms with Gasteiger partial charge in [-0.1, -0.05) is 6.08 Å². The molecule has 3 aliphatic rings. The maximum atomic E-state index is 13.6. The molecule has 0 spiro atoms. The van der Waals surface area contributed by atoms with Crippen molar-refractivity contribution in [1.82, 2.24) is 5.01 Å². The molecule has 33 heavy (non-hydrogen) atoms. The molecular formula is C25H21N3O5. The van der Waals surface area contributed by atoms with Crippen LogP contribution in [0.1, 0.15) is 27.6 Å². The Morgan fingerprint density at radius 2 is 1.55 bits per heavy atom. The van der Waals surface area contributed by atoms with E-state index in [1.165, 1.54) is 14.0 Å². The zero-order chi connectivity index (χ0) is 23.3. The first-order chi connectivity index (χ1) is 15.9. The lowest BCUT2D eigenvalue weighted by Crippen LogP contribution is -2.46. The van der Waals surface area contributed by atoms with Crippen molar-refractivity contribution in [3.8, 4) is 5.75 Å². The number of rotatable bonds is 5. The molecule has 5 rings (SSSR count). The highest BCUT2D eigenvalue weighted by molar-refractivity contribution is 6.24. The molecule has 0 N–H and O–H groups in total. The molecule has 0 aromatic heterocycles. The first-order valence-corrected chi connectivity index (χ1v) is 10.6. The van der Waals surface area contributed by atoms with Crippen molar-refractivity contribution in [3.63, 3.8) is 0 Å². The van der Waals surface area contributed by atoms with Crippen LogP contribution in [0.2, 0.25) is 0 Å². The Morgan fingerprint density at radius 1 is 0.909 bits per heavy atom. The number of fused-ring (bicyclic) bond motifs is 3. The summed E-state index contributed by atoms with van der Waals surface area (Å²) in [7, 11) is 1.54. The second-order valence-electron chi connectivity index (χ2n) is 8.22. The summed E-state index contributed by atoms with van der Waals surface area (Å²) < 4.78 is 5.17. The number of methoxy groups -OCH3 is 1. The lowest BCUT2D eigenvalue weighted by Gasteiger charge is -2.30. The monoisotopic (exact) mass is 443 g/mol. The van der Waals surface area contributed by atoms with Gasteiger partial charge < -0.3 is 4.74 Å². The third-order valence-corrected chi connectivity index (χ3v) is 6.47. The standard InChI is InChI=1S/C25H21N3O5/c1-14(29)15-5-9-17(10-6-15)27-24(31)20-19-4-3-13-26-28(19)22(21(20)25(27)32)23(30)16-7-11-18(33-2)12-8-16/h3-13,19-22H,1-2H3/t19?,20-,21-,22+/m0/s1. The number of hydrogen-bond acceptors (Lipinski definition) is 7. The number of benzene rings is 2. The topological polar surface area (TPSA) is 96.3 Å².